The highest BCUT2D eigenvalue weighted by Crippen LogP contribution is 2.05. The zero-order chi connectivity index (χ0) is 11.1. The van der Waals surface area contributed by atoms with E-state index < -0.39 is 6.04 Å². The van der Waals surface area contributed by atoms with E-state index in [9.17, 15) is 9.59 Å². The minimum atomic E-state index is -0.390. The quantitative estimate of drug-likeness (QED) is 0.592. The molecule has 0 spiro atoms. The maximum Gasteiger partial charge on any atom is 0.242 e. The van der Waals surface area contributed by atoms with Crippen molar-refractivity contribution in [2.75, 3.05) is 13.2 Å². The molecule has 0 aromatic rings. The number of amides is 2. The Bertz CT molecular complexity index is 231. The van der Waals surface area contributed by atoms with Gasteiger partial charge in [-0.25, -0.2) is 0 Å². The number of aliphatic hydroxyl groups is 1. The van der Waals surface area contributed by atoms with Crippen LogP contribution in [0.5, 0.6) is 0 Å². The van der Waals surface area contributed by atoms with E-state index in [1.807, 2.05) is 0 Å². The van der Waals surface area contributed by atoms with E-state index in [0.29, 0.717) is 19.4 Å². The Balaban J connectivity index is 2.34. The van der Waals surface area contributed by atoms with E-state index in [1.54, 1.807) is 0 Å². The van der Waals surface area contributed by atoms with E-state index in [2.05, 4.69) is 10.6 Å². The fourth-order valence-corrected chi connectivity index (χ4v) is 1.58. The highest BCUT2D eigenvalue weighted by Gasteiger charge is 2.21. The Morgan fingerprint density at radius 2 is 2.33 bits per heavy atom. The van der Waals surface area contributed by atoms with E-state index >= 15 is 0 Å². The first kappa shape index (κ1) is 12.0. The number of nitrogens with one attached hydrogen (secondary N) is 2. The Morgan fingerprint density at radius 1 is 1.53 bits per heavy atom. The van der Waals surface area contributed by atoms with Crippen LogP contribution in [0.2, 0.25) is 0 Å². The lowest BCUT2D eigenvalue weighted by atomic mass is 10.1. The average Bonchev–Trinajstić information content (AvgIpc) is 2.42. The van der Waals surface area contributed by atoms with Gasteiger partial charge in [-0.3, -0.25) is 9.59 Å². The number of carbonyl (C=O) groups is 2. The Labute approximate surface area is 89.2 Å². The van der Waals surface area contributed by atoms with Crippen LogP contribution in [-0.4, -0.2) is 36.1 Å². The minimum absolute atomic E-state index is 0.00425. The van der Waals surface area contributed by atoms with Crippen molar-refractivity contribution in [3.05, 3.63) is 0 Å². The molecule has 1 saturated heterocycles. The highest BCUT2D eigenvalue weighted by molar-refractivity contribution is 5.87. The zero-order valence-corrected chi connectivity index (χ0v) is 8.79. The molecule has 1 unspecified atom stereocenters. The first-order valence-corrected chi connectivity index (χ1v) is 5.42. The molecule has 1 fully saturated rings. The Morgan fingerprint density at radius 3 is 3.07 bits per heavy atom. The molecule has 15 heavy (non-hydrogen) atoms. The molecule has 3 N–H and O–H groups in total. The number of aliphatic hydroxyl groups excluding tert-OH is 1. The lowest BCUT2D eigenvalue weighted by Crippen LogP contribution is -2.45. The largest absolute Gasteiger partial charge is 0.396 e. The molecule has 1 atom stereocenters. The molecule has 1 aliphatic heterocycles. The van der Waals surface area contributed by atoms with E-state index in [1.165, 1.54) is 0 Å². The third-order valence-corrected chi connectivity index (χ3v) is 2.43. The van der Waals surface area contributed by atoms with Crippen molar-refractivity contribution in [2.45, 2.75) is 38.1 Å². The van der Waals surface area contributed by atoms with Gasteiger partial charge in [0, 0.05) is 19.6 Å². The van der Waals surface area contributed by atoms with Gasteiger partial charge < -0.3 is 15.7 Å². The lowest BCUT2D eigenvalue weighted by molar-refractivity contribution is -0.128. The topological polar surface area (TPSA) is 78.4 Å². The first-order chi connectivity index (χ1) is 7.24. The van der Waals surface area contributed by atoms with Gasteiger partial charge in [-0.05, 0) is 25.7 Å². The molecule has 0 aliphatic carbocycles. The fraction of sp³-hybridized carbons (Fsp3) is 0.800. The molecule has 5 nitrogen and oxygen atoms in total. The molecule has 0 saturated carbocycles. The fourth-order valence-electron chi connectivity index (χ4n) is 1.58. The summed E-state index contributed by atoms with van der Waals surface area (Å²) in [6.07, 6.45) is 3.34. The maximum atomic E-state index is 11.4. The van der Waals surface area contributed by atoms with Crippen molar-refractivity contribution < 1.29 is 14.7 Å². The summed E-state index contributed by atoms with van der Waals surface area (Å²) in [5, 5.41) is 14.0. The predicted octanol–water partition coefficient (Wildman–Crippen LogP) is -0.456. The Hall–Kier alpha value is -1.10. The smallest absolute Gasteiger partial charge is 0.242 e. The number of rotatable bonds is 4. The molecule has 86 valence electrons. The zero-order valence-electron chi connectivity index (χ0n) is 8.79. The first-order valence-electron chi connectivity index (χ1n) is 5.42. The summed E-state index contributed by atoms with van der Waals surface area (Å²) in [5.41, 5.74) is 0. The summed E-state index contributed by atoms with van der Waals surface area (Å²) in [4.78, 5) is 22.8. The molecule has 0 radical (unpaired) electrons. The van der Waals surface area contributed by atoms with Gasteiger partial charge in [0.25, 0.3) is 0 Å². The molecule has 1 rings (SSSR count). The summed E-state index contributed by atoms with van der Waals surface area (Å²) in [5.74, 6) is -0.254. The van der Waals surface area contributed by atoms with Crippen LogP contribution in [0.25, 0.3) is 0 Å². The molecule has 1 heterocycles. The monoisotopic (exact) mass is 214 g/mol. The van der Waals surface area contributed by atoms with Crippen LogP contribution in [0.3, 0.4) is 0 Å². The summed E-state index contributed by atoms with van der Waals surface area (Å²) in [7, 11) is 0. The van der Waals surface area contributed by atoms with Gasteiger partial charge in [-0.2, -0.15) is 0 Å². The van der Waals surface area contributed by atoms with Crippen LogP contribution >= 0.6 is 0 Å². The molecule has 5 heteroatoms. The van der Waals surface area contributed by atoms with Gasteiger partial charge >= 0.3 is 0 Å². The van der Waals surface area contributed by atoms with Crippen molar-refractivity contribution in [1.82, 2.24) is 10.6 Å². The third-order valence-electron chi connectivity index (χ3n) is 2.43. The van der Waals surface area contributed by atoms with E-state index in [0.717, 1.165) is 12.8 Å². The van der Waals surface area contributed by atoms with Gasteiger partial charge in [0.2, 0.25) is 11.8 Å². The number of carbonyl (C=O) groups excluding carboxylic acids is 2. The molecule has 0 aromatic carbocycles. The molecule has 2 amide bonds. The van der Waals surface area contributed by atoms with Crippen LogP contribution in [-0.2, 0) is 9.59 Å². The van der Waals surface area contributed by atoms with E-state index in [4.69, 9.17) is 5.11 Å². The maximum absolute atomic E-state index is 11.4. The second kappa shape index (κ2) is 6.40. The SMILES string of the molecule is O=C(CCCO)NC1CCCCNC1=O. The normalized spacial score (nSPS) is 21.7. The average molecular weight is 214 g/mol. The summed E-state index contributed by atoms with van der Waals surface area (Å²) in [6, 6.07) is -0.390. The van der Waals surface area contributed by atoms with Crippen LogP contribution in [0, 0.1) is 0 Å². The summed E-state index contributed by atoms with van der Waals surface area (Å²) >= 11 is 0. The van der Waals surface area contributed by atoms with Gasteiger partial charge in [0.15, 0.2) is 0 Å². The van der Waals surface area contributed by atoms with Gasteiger partial charge in [0.05, 0.1) is 0 Å². The second-order valence-electron chi connectivity index (χ2n) is 3.73. The molecule has 0 bridgehead atoms. The van der Waals surface area contributed by atoms with Crippen molar-refractivity contribution in [1.29, 1.82) is 0 Å². The molecule has 0 aromatic heterocycles. The van der Waals surface area contributed by atoms with Crippen LogP contribution in [0.1, 0.15) is 32.1 Å². The third kappa shape index (κ3) is 4.29. The van der Waals surface area contributed by atoms with Crippen molar-refractivity contribution in [3.63, 3.8) is 0 Å². The van der Waals surface area contributed by atoms with Crippen LogP contribution < -0.4 is 10.6 Å². The summed E-state index contributed by atoms with van der Waals surface area (Å²) < 4.78 is 0. The number of hydrogen-bond donors (Lipinski definition) is 3. The van der Waals surface area contributed by atoms with Crippen LogP contribution in [0.15, 0.2) is 0 Å². The number of hydrogen-bond acceptors (Lipinski definition) is 3. The molecule has 1 aliphatic rings. The van der Waals surface area contributed by atoms with Gasteiger partial charge in [-0.1, -0.05) is 0 Å². The molecular formula is C10H18N2O3. The lowest BCUT2D eigenvalue weighted by Gasteiger charge is -2.14. The Kier molecular flexibility index (Phi) is 5.10. The molecular weight excluding hydrogens is 196 g/mol. The van der Waals surface area contributed by atoms with E-state index in [-0.39, 0.29) is 24.8 Å². The van der Waals surface area contributed by atoms with Crippen LogP contribution in [0.4, 0.5) is 0 Å². The van der Waals surface area contributed by atoms with Crippen molar-refractivity contribution in [2.24, 2.45) is 0 Å². The van der Waals surface area contributed by atoms with Crippen molar-refractivity contribution >= 4 is 11.8 Å². The minimum Gasteiger partial charge on any atom is -0.396 e. The standard InChI is InChI=1S/C10H18N2O3/c13-7-3-5-9(14)12-8-4-1-2-6-11-10(8)15/h8,13H,1-7H2,(H,11,15)(H,12,14). The summed E-state index contributed by atoms with van der Waals surface area (Å²) in [6.45, 7) is 0.701. The second-order valence-corrected chi connectivity index (χ2v) is 3.73. The van der Waals surface area contributed by atoms with Gasteiger partial charge in [0.1, 0.15) is 6.04 Å². The predicted molar refractivity (Wildman–Crippen MR) is 55.1 cm³/mol. The van der Waals surface area contributed by atoms with Crippen molar-refractivity contribution in [3.8, 4) is 0 Å². The highest BCUT2D eigenvalue weighted by atomic mass is 16.3. The van der Waals surface area contributed by atoms with Gasteiger partial charge in [-0.15, -0.1) is 0 Å².